The van der Waals surface area contributed by atoms with E-state index >= 15 is 4.39 Å². The van der Waals surface area contributed by atoms with E-state index < -0.39 is 39.5 Å². The molecule has 11 heteroatoms. The summed E-state index contributed by atoms with van der Waals surface area (Å²) in [5.41, 5.74) is -9.40. The molecule has 2 aromatic rings. The van der Waals surface area contributed by atoms with Crippen molar-refractivity contribution in [3.05, 3.63) is 52.0 Å². The Hall–Kier alpha value is -1.91. The summed E-state index contributed by atoms with van der Waals surface area (Å²) in [6.07, 6.45) is -13.5. The molecule has 0 fully saturated rings. The van der Waals surface area contributed by atoms with Gasteiger partial charge in [0, 0.05) is 27.2 Å². The lowest BCUT2D eigenvalue weighted by Crippen LogP contribution is -2.60. The molecule has 0 aliphatic carbocycles. The van der Waals surface area contributed by atoms with Crippen molar-refractivity contribution < 1.29 is 44.3 Å². The number of hydrogen-bond donors (Lipinski definition) is 0. The smallest absolute Gasteiger partial charge is 0.457 e. The summed E-state index contributed by atoms with van der Waals surface area (Å²) in [6, 6.07) is 7.84. The monoisotopic (exact) mass is 507 g/mol. The summed E-state index contributed by atoms with van der Waals surface area (Å²) < 4.78 is 128. The van der Waals surface area contributed by atoms with Crippen molar-refractivity contribution >= 4 is 15.9 Å². The summed E-state index contributed by atoms with van der Waals surface area (Å²) in [4.78, 5) is 0. The second-order valence-electron chi connectivity index (χ2n) is 6.18. The van der Waals surface area contributed by atoms with E-state index in [2.05, 4.69) is 22.0 Å². The summed E-state index contributed by atoms with van der Waals surface area (Å²) in [5.74, 6) is -6.96. The van der Waals surface area contributed by atoms with Crippen LogP contribution in [0.15, 0.2) is 34.8 Å². The van der Waals surface area contributed by atoms with Gasteiger partial charge in [-0.3, -0.25) is 0 Å². The number of hydrogen-bond acceptors (Lipinski definition) is 1. The van der Waals surface area contributed by atoms with Gasteiger partial charge in [0.2, 0.25) is 0 Å². The molecule has 0 N–H and O–H groups in total. The minimum atomic E-state index is -6.83. The van der Waals surface area contributed by atoms with Crippen molar-refractivity contribution in [2.45, 2.75) is 37.3 Å². The number of para-hydroxylation sites is 1. The predicted octanol–water partition coefficient (Wildman–Crippen LogP) is 7.41. The highest BCUT2D eigenvalue weighted by Crippen LogP contribution is 2.60. The van der Waals surface area contributed by atoms with Gasteiger partial charge in [0.1, 0.15) is 5.75 Å². The highest BCUT2D eigenvalue weighted by atomic mass is 79.9. The van der Waals surface area contributed by atoms with Crippen molar-refractivity contribution in [1.82, 2.24) is 0 Å². The molecule has 2 aromatic carbocycles. The Labute approximate surface area is 174 Å². The first-order chi connectivity index (χ1) is 13.6. The molecule has 30 heavy (non-hydrogen) atoms. The van der Waals surface area contributed by atoms with E-state index in [1.807, 2.05) is 0 Å². The lowest BCUT2D eigenvalue weighted by Gasteiger charge is -2.37. The number of ether oxygens (including phenoxy) is 1. The molecule has 0 aliphatic heterocycles. The number of halogens is 10. The quantitative estimate of drug-likeness (QED) is 0.383. The summed E-state index contributed by atoms with van der Waals surface area (Å²) >= 11 is 2.84. The van der Waals surface area contributed by atoms with Crippen LogP contribution in [0, 0.1) is 6.07 Å². The molecule has 2 rings (SSSR count). The second-order valence-corrected chi connectivity index (χ2v) is 6.97. The zero-order valence-electron chi connectivity index (χ0n) is 15.3. The van der Waals surface area contributed by atoms with Gasteiger partial charge in [-0.25, -0.2) is 4.39 Å². The molecule has 0 bridgehead atoms. The number of aryl methyl sites for hydroxylation is 1. The highest BCUT2D eigenvalue weighted by Gasteiger charge is 2.82. The van der Waals surface area contributed by atoms with Crippen LogP contribution in [-0.2, 0) is 12.1 Å². The molecule has 0 aliphatic rings. The fourth-order valence-electron chi connectivity index (χ4n) is 2.88. The fraction of sp³-hybridized carbons (Fsp3) is 0.368. The van der Waals surface area contributed by atoms with Crippen LogP contribution in [0.1, 0.15) is 18.1 Å². The summed E-state index contributed by atoms with van der Waals surface area (Å²) in [7, 11) is 1.10. The van der Waals surface area contributed by atoms with Crippen LogP contribution in [0.5, 0.6) is 5.75 Å². The third-order valence-corrected chi connectivity index (χ3v) is 4.98. The van der Waals surface area contributed by atoms with Gasteiger partial charge in [0.25, 0.3) is 0 Å². The zero-order valence-corrected chi connectivity index (χ0v) is 16.9. The predicted molar refractivity (Wildman–Crippen MR) is 94.2 cm³/mol. The van der Waals surface area contributed by atoms with Crippen LogP contribution in [0.3, 0.4) is 0 Å². The molecule has 0 aromatic heterocycles. The van der Waals surface area contributed by atoms with Crippen LogP contribution in [0.4, 0.5) is 39.5 Å². The van der Waals surface area contributed by atoms with Gasteiger partial charge < -0.3 is 4.74 Å². The summed E-state index contributed by atoms with van der Waals surface area (Å²) in [5, 5.41) is 0. The minimum Gasteiger partial charge on any atom is -0.496 e. The van der Waals surface area contributed by atoms with Crippen LogP contribution in [-0.4, -0.2) is 25.4 Å². The molecule has 0 amide bonds. The van der Waals surface area contributed by atoms with Gasteiger partial charge in [-0.05, 0) is 34.0 Å². The van der Waals surface area contributed by atoms with Crippen LogP contribution in [0.25, 0.3) is 11.1 Å². The Morgan fingerprint density at radius 2 is 1.50 bits per heavy atom. The van der Waals surface area contributed by atoms with E-state index in [9.17, 15) is 35.1 Å². The van der Waals surface area contributed by atoms with Gasteiger partial charge in [0.05, 0.1) is 7.11 Å². The average Bonchev–Trinajstić information content (AvgIpc) is 2.64. The van der Waals surface area contributed by atoms with Crippen molar-refractivity contribution in [3.8, 4) is 16.9 Å². The first-order valence-electron chi connectivity index (χ1n) is 8.22. The van der Waals surface area contributed by atoms with E-state index in [0.717, 1.165) is 13.2 Å². The average molecular weight is 508 g/mol. The van der Waals surface area contributed by atoms with E-state index in [4.69, 9.17) is 4.74 Å². The minimum absolute atomic E-state index is 0.108. The Kier molecular flexibility index (Phi) is 6.47. The first-order valence-corrected chi connectivity index (χ1v) is 9.01. The van der Waals surface area contributed by atoms with E-state index in [-0.39, 0.29) is 23.3 Å². The van der Waals surface area contributed by atoms with Gasteiger partial charge in [-0.1, -0.05) is 31.2 Å². The van der Waals surface area contributed by atoms with Crippen LogP contribution in [0.2, 0.25) is 0 Å². The van der Waals surface area contributed by atoms with Crippen LogP contribution < -0.4 is 4.74 Å². The molecular formula is C19H13BrF9O. The third kappa shape index (κ3) is 3.76. The Morgan fingerprint density at radius 3 is 1.97 bits per heavy atom. The van der Waals surface area contributed by atoms with Gasteiger partial charge in [-0.15, -0.1) is 0 Å². The number of alkyl halides is 9. The molecule has 1 radical (unpaired) electrons. The lowest BCUT2D eigenvalue weighted by atomic mass is 9.81. The molecule has 1 atom stereocenters. The van der Waals surface area contributed by atoms with E-state index in [1.165, 1.54) is 25.1 Å². The van der Waals surface area contributed by atoms with E-state index in [0.29, 0.717) is 6.07 Å². The highest BCUT2D eigenvalue weighted by molar-refractivity contribution is 9.10. The first kappa shape index (κ1) is 24.4. The van der Waals surface area contributed by atoms with Crippen molar-refractivity contribution in [2.24, 2.45) is 0 Å². The largest absolute Gasteiger partial charge is 0.496 e. The number of methoxy groups -OCH3 is 1. The number of benzene rings is 2. The topological polar surface area (TPSA) is 9.23 Å². The second kappa shape index (κ2) is 7.97. The summed E-state index contributed by atoms with van der Waals surface area (Å²) in [6.45, 7) is 1.39. The van der Waals surface area contributed by atoms with Crippen molar-refractivity contribution in [3.63, 3.8) is 0 Å². The Balaban J connectivity index is 3.08. The molecule has 0 spiro atoms. The molecule has 1 unspecified atom stereocenters. The molecule has 0 heterocycles. The maximum absolute atomic E-state index is 15.3. The molecule has 1 nitrogen and oxygen atoms in total. The fourth-order valence-corrected chi connectivity index (χ4v) is 3.56. The third-order valence-electron chi connectivity index (χ3n) is 4.39. The zero-order chi connectivity index (χ0) is 23.1. The maximum Gasteiger partial charge on any atom is 0.457 e. The molecule has 0 saturated carbocycles. The van der Waals surface area contributed by atoms with Crippen molar-refractivity contribution in [1.29, 1.82) is 0 Å². The molecule has 165 valence electrons. The molecular weight excluding hydrogens is 495 g/mol. The molecule has 0 saturated heterocycles. The number of rotatable bonds is 5. The van der Waals surface area contributed by atoms with Gasteiger partial charge in [-0.2, -0.15) is 35.1 Å². The van der Waals surface area contributed by atoms with Crippen molar-refractivity contribution in [2.75, 3.05) is 7.11 Å². The maximum atomic E-state index is 15.3. The Bertz CT molecular complexity index is 921. The van der Waals surface area contributed by atoms with E-state index in [1.54, 1.807) is 0 Å². The standard InChI is InChI=1S/C19H13BrF9O/c1-3-10-8-12(16(21,18(24,25)26)17(22,23)19(27,28)29)15(13(20)9-10)11-6-4-5-7-14(11)30-2/h4-8H,3H2,1-2H3. The Morgan fingerprint density at radius 1 is 0.933 bits per heavy atom. The van der Waals surface area contributed by atoms with Crippen LogP contribution >= 0.6 is 15.9 Å². The van der Waals surface area contributed by atoms with Gasteiger partial charge >= 0.3 is 23.9 Å². The lowest BCUT2D eigenvalue weighted by molar-refractivity contribution is -0.389. The SMILES string of the molecule is CCc1[c]c(Br)c(-c2ccccc2OC)c(C(F)(C(F)(F)F)C(F)(F)C(F)(F)F)c1. The van der Waals surface area contributed by atoms with Gasteiger partial charge in [0.15, 0.2) is 0 Å². The normalized spacial score (nSPS) is 15.1.